The largest absolute Gasteiger partial charge is 0.416 e. The number of aromatic nitrogens is 1. The van der Waals surface area contributed by atoms with Gasteiger partial charge in [-0.25, -0.2) is 4.98 Å². The van der Waals surface area contributed by atoms with E-state index in [2.05, 4.69) is 4.98 Å². The van der Waals surface area contributed by atoms with Crippen LogP contribution in [0, 0.1) is 11.3 Å². The molecule has 0 unspecified atom stereocenters. The van der Waals surface area contributed by atoms with Crippen LogP contribution in [0.2, 0.25) is 5.15 Å². The highest BCUT2D eigenvalue weighted by molar-refractivity contribution is 6.30. The van der Waals surface area contributed by atoms with Crippen molar-refractivity contribution in [2.24, 2.45) is 0 Å². The van der Waals surface area contributed by atoms with E-state index in [-0.39, 0.29) is 11.6 Å². The van der Waals surface area contributed by atoms with Crippen LogP contribution in [0.25, 0.3) is 11.3 Å². The fraction of sp³-hybridized carbons (Fsp3) is 0.143. The molecular weight excluding hydrogens is 289 g/mol. The minimum atomic E-state index is -4.40. The molecular formula is C14H8ClF3N2. The van der Waals surface area contributed by atoms with E-state index in [0.29, 0.717) is 16.8 Å². The summed E-state index contributed by atoms with van der Waals surface area (Å²) in [6, 6.07) is 9.93. The Balaban J connectivity index is 2.42. The zero-order chi connectivity index (χ0) is 14.8. The van der Waals surface area contributed by atoms with Crippen molar-refractivity contribution in [3.63, 3.8) is 0 Å². The summed E-state index contributed by atoms with van der Waals surface area (Å²) in [7, 11) is 0. The average Bonchev–Trinajstić information content (AvgIpc) is 2.40. The van der Waals surface area contributed by atoms with Crippen LogP contribution in [0.1, 0.15) is 11.1 Å². The highest BCUT2D eigenvalue weighted by Gasteiger charge is 2.30. The summed E-state index contributed by atoms with van der Waals surface area (Å²) in [5.74, 6) is 0. The first kappa shape index (κ1) is 14.4. The molecule has 20 heavy (non-hydrogen) atoms. The van der Waals surface area contributed by atoms with E-state index in [1.165, 1.54) is 12.1 Å². The maximum Gasteiger partial charge on any atom is 0.416 e. The Kier molecular flexibility index (Phi) is 3.96. The van der Waals surface area contributed by atoms with Crippen LogP contribution in [0.4, 0.5) is 13.2 Å². The number of hydrogen-bond donors (Lipinski definition) is 0. The Morgan fingerprint density at radius 2 is 1.95 bits per heavy atom. The monoisotopic (exact) mass is 296 g/mol. The lowest BCUT2D eigenvalue weighted by Crippen LogP contribution is -2.04. The van der Waals surface area contributed by atoms with E-state index in [1.807, 2.05) is 6.07 Å². The Labute approximate surface area is 118 Å². The van der Waals surface area contributed by atoms with Crippen molar-refractivity contribution in [3.05, 3.63) is 52.7 Å². The van der Waals surface area contributed by atoms with Crippen molar-refractivity contribution in [1.82, 2.24) is 4.98 Å². The summed E-state index contributed by atoms with van der Waals surface area (Å²) in [5.41, 5.74) is 0.465. The number of benzene rings is 1. The predicted molar refractivity (Wildman–Crippen MR) is 69.0 cm³/mol. The van der Waals surface area contributed by atoms with Gasteiger partial charge in [-0.2, -0.15) is 18.4 Å². The van der Waals surface area contributed by atoms with Crippen LogP contribution >= 0.6 is 11.6 Å². The topological polar surface area (TPSA) is 36.7 Å². The zero-order valence-electron chi connectivity index (χ0n) is 10.1. The third kappa shape index (κ3) is 3.09. The highest BCUT2D eigenvalue weighted by Crippen LogP contribution is 2.32. The van der Waals surface area contributed by atoms with Gasteiger partial charge in [-0.1, -0.05) is 29.8 Å². The molecule has 0 bridgehead atoms. The Hall–Kier alpha value is -2.06. The first-order valence-corrected chi connectivity index (χ1v) is 5.99. The maximum absolute atomic E-state index is 12.6. The molecule has 2 rings (SSSR count). The van der Waals surface area contributed by atoms with Crippen molar-refractivity contribution >= 4 is 11.6 Å². The molecule has 0 amide bonds. The number of rotatable bonds is 2. The van der Waals surface area contributed by atoms with Crippen molar-refractivity contribution < 1.29 is 13.2 Å². The van der Waals surface area contributed by atoms with Crippen molar-refractivity contribution in [2.75, 3.05) is 0 Å². The zero-order valence-corrected chi connectivity index (χ0v) is 10.8. The lowest BCUT2D eigenvalue weighted by molar-refractivity contribution is -0.137. The fourth-order valence-corrected chi connectivity index (χ4v) is 1.92. The lowest BCUT2D eigenvalue weighted by atomic mass is 10.1. The van der Waals surface area contributed by atoms with Gasteiger partial charge in [0.1, 0.15) is 5.15 Å². The second-order valence-electron chi connectivity index (χ2n) is 4.06. The quantitative estimate of drug-likeness (QED) is 0.766. The smallest absolute Gasteiger partial charge is 0.236 e. The minimum absolute atomic E-state index is 0.106. The van der Waals surface area contributed by atoms with Crippen molar-refractivity contribution in [1.29, 1.82) is 5.26 Å². The van der Waals surface area contributed by atoms with Gasteiger partial charge in [-0.15, -0.1) is 0 Å². The van der Waals surface area contributed by atoms with Crippen LogP contribution in [0.15, 0.2) is 36.4 Å². The van der Waals surface area contributed by atoms with Gasteiger partial charge in [0.2, 0.25) is 0 Å². The first-order valence-electron chi connectivity index (χ1n) is 5.62. The standard InChI is InChI=1S/C14H8ClF3N2/c15-13-9(6-7-19)4-5-12(20-13)10-2-1-3-11(8-10)14(16,17)18/h1-5,8H,6H2. The minimum Gasteiger partial charge on any atom is -0.236 e. The molecule has 0 aliphatic carbocycles. The van der Waals surface area contributed by atoms with E-state index in [4.69, 9.17) is 16.9 Å². The van der Waals surface area contributed by atoms with E-state index in [1.54, 1.807) is 12.1 Å². The van der Waals surface area contributed by atoms with Gasteiger partial charge in [0, 0.05) is 11.1 Å². The molecule has 0 fully saturated rings. The number of alkyl halides is 3. The lowest BCUT2D eigenvalue weighted by Gasteiger charge is -2.09. The molecule has 1 heterocycles. The summed E-state index contributed by atoms with van der Waals surface area (Å²) in [4.78, 5) is 4.03. The van der Waals surface area contributed by atoms with Gasteiger partial charge < -0.3 is 0 Å². The Morgan fingerprint density at radius 3 is 2.55 bits per heavy atom. The molecule has 2 aromatic rings. The van der Waals surface area contributed by atoms with Gasteiger partial charge >= 0.3 is 6.18 Å². The van der Waals surface area contributed by atoms with Crippen LogP contribution in [0.5, 0.6) is 0 Å². The first-order chi connectivity index (χ1) is 9.41. The van der Waals surface area contributed by atoms with E-state index >= 15 is 0 Å². The van der Waals surface area contributed by atoms with E-state index in [9.17, 15) is 13.2 Å². The van der Waals surface area contributed by atoms with Crippen molar-refractivity contribution in [3.8, 4) is 17.3 Å². The van der Waals surface area contributed by atoms with Gasteiger partial charge in [-0.3, -0.25) is 0 Å². The summed E-state index contributed by atoms with van der Waals surface area (Å²) in [6.45, 7) is 0. The maximum atomic E-state index is 12.6. The Morgan fingerprint density at radius 1 is 1.20 bits per heavy atom. The highest BCUT2D eigenvalue weighted by atomic mass is 35.5. The predicted octanol–water partition coefficient (Wildman–Crippen LogP) is 4.49. The fourth-order valence-electron chi connectivity index (χ4n) is 1.70. The number of hydrogen-bond acceptors (Lipinski definition) is 2. The molecule has 0 N–H and O–H groups in total. The van der Waals surface area contributed by atoms with Crippen LogP contribution in [0.3, 0.4) is 0 Å². The molecule has 2 nitrogen and oxygen atoms in total. The second kappa shape index (κ2) is 5.51. The summed E-state index contributed by atoms with van der Waals surface area (Å²) in [6.07, 6.45) is -4.30. The van der Waals surface area contributed by atoms with Crippen molar-refractivity contribution in [2.45, 2.75) is 12.6 Å². The molecule has 0 saturated heterocycles. The van der Waals surface area contributed by atoms with Gasteiger partial charge in [0.25, 0.3) is 0 Å². The van der Waals surface area contributed by atoms with Gasteiger partial charge in [-0.05, 0) is 18.2 Å². The van der Waals surface area contributed by atoms with E-state index < -0.39 is 11.7 Å². The summed E-state index contributed by atoms with van der Waals surface area (Å²) < 4.78 is 37.9. The number of nitriles is 1. The molecule has 0 radical (unpaired) electrons. The summed E-state index contributed by atoms with van der Waals surface area (Å²) in [5, 5.41) is 8.72. The van der Waals surface area contributed by atoms with Gasteiger partial charge in [0.15, 0.2) is 0 Å². The summed E-state index contributed by atoms with van der Waals surface area (Å²) >= 11 is 5.90. The number of nitrogens with zero attached hydrogens (tertiary/aromatic N) is 2. The molecule has 0 aliphatic rings. The molecule has 0 spiro atoms. The molecule has 0 atom stereocenters. The molecule has 102 valence electrons. The molecule has 0 saturated carbocycles. The van der Waals surface area contributed by atoms with E-state index in [0.717, 1.165) is 12.1 Å². The normalized spacial score (nSPS) is 11.2. The molecule has 1 aromatic heterocycles. The van der Waals surface area contributed by atoms with Crippen LogP contribution in [-0.2, 0) is 12.6 Å². The number of pyridine rings is 1. The molecule has 0 aliphatic heterocycles. The van der Waals surface area contributed by atoms with Crippen LogP contribution < -0.4 is 0 Å². The second-order valence-corrected chi connectivity index (χ2v) is 4.42. The molecule has 1 aromatic carbocycles. The Bertz CT molecular complexity index is 675. The SMILES string of the molecule is N#CCc1ccc(-c2cccc(C(F)(F)F)c2)nc1Cl. The molecule has 6 heteroatoms. The van der Waals surface area contributed by atoms with Gasteiger partial charge in [0.05, 0.1) is 23.7 Å². The number of halogens is 4. The third-order valence-corrected chi connectivity index (χ3v) is 3.01. The average molecular weight is 297 g/mol. The third-order valence-electron chi connectivity index (χ3n) is 2.68. The van der Waals surface area contributed by atoms with Crippen LogP contribution in [-0.4, -0.2) is 4.98 Å².